The van der Waals surface area contributed by atoms with Crippen LogP contribution in [0.3, 0.4) is 0 Å². The summed E-state index contributed by atoms with van der Waals surface area (Å²) in [5, 5.41) is 0. The van der Waals surface area contributed by atoms with Gasteiger partial charge in [0.2, 0.25) is 0 Å². The van der Waals surface area contributed by atoms with E-state index in [0.29, 0.717) is 0 Å². The van der Waals surface area contributed by atoms with E-state index < -0.39 is 0 Å². The minimum absolute atomic E-state index is 1.09. The molecule has 8 heavy (non-hydrogen) atoms. The Morgan fingerprint density at radius 3 is 2.38 bits per heavy atom. The molecule has 0 heterocycles. The normalized spacial score (nSPS) is 19.9. The summed E-state index contributed by atoms with van der Waals surface area (Å²) in [7, 11) is 4.28. The molecule has 48 valence electrons. The van der Waals surface area contributed by atoms with Gasteiger partial charge in [-0.3, -0.25) is 0 Å². The number of nitrogens with zero attached hydrogens (tertiary/aromatic N) is 1. The van der Waals surface area contributed by atoms with Crippen molar-refractivity contribution in [3.05, 3.63) is 0 Å². The van der Waals surface area contributed by atoms with Gasteiger partial charge in [0, 0.05) is 0 Å². The molecule has 0 amide bonds. The average Bonchev–Trinajstić information content (AvgIpc) is 2.41. The van der Waals surface area contributed by atoms with Crippen LogP contribution in [0, 0.1) is 5.92 Å². The molecule has 0 saturated heterocycles. The highest BCUT2D eigenvalue weighted by Gasteiger charge is 2.20. The van der Waals surface area contributed by atoms with Crippen LogP contribution in [0.25, 0.3) is 0 Å². The molecule has 1 aliphatic rings. The van der Waals surface area contributed by atoms with Crippen molar-refractivity contribution in [2.24, 2.45) is 5.92 Å². The lowest BCUT2D eigenvalue weighted by atomic mass is 10.3. The molecule has 0 radical (unpaired) electrons. The minimum Gasteiger partial charge on any atom is -0.309 e. The molecule has 1 nitrogen and oxygen atoms in total. The molecule has 0 atom stereocenters. The van der Waals surface area contributed by atoms with Crippen LogP contribution in [0.2, 0.25) is 0 Å². The van der Waals surface area contributed by atoms with Gasteiger partial charge < -0.3 is 4.90 Å². The second-order valence-corrected chi connectivity index (χ2v) is 3.04. The molecule has 0 bridgehead atoms. The van der Waals surface area contributed by atoms with Crippen molar-refractivity contribution in [2.45, 2.75) is 19.3 Å². The van der Waals surface area contributed by atoms with Gasteiger partial charge in [-0.2, -0.15) is 0 Å². The first kappa shape index (κ1) is 6.09. The molecule has 0 aromatic carbocycles. The van der Waals surface area contributed by atoms with E-state index in [1.54, 1.807) is 0 Å². The Morgan fingerprint density at radius 1 is 1.38 bits per heavy atom. The first-order valence-electron chi connectivity index (χ1n) is 3.44. The van der Waals surface area contributed by atoms with Crippen molar-refractivity contribution in [1.82, 2.24) is 4.90 Å². The minimum atomic E-state index is 1.09. The van der Waals surface area contributed by atoms with Crippen molar-refractivity contribution in [2.75, 3.05) is 20.6 Å². The number of rotatable bonds is 3. The zero-order valence-electron chi connectivity index (χ0n) is 5.85. The first-order chi connectivity index (χ1) is 3.79. The Morgan fingerprint density at radius 2 is 2.00 bits per heavy atom. The van der Waals surface area contributed by atoms with Crippen molar-refractivity contribution in [1.29, 1.82) is 0 Å². The van der Waals surface area contributed by atoms with Crippen LogP contribution >= 0.6 is 0 Å². The Labute approximate surface area is 51.7 Å². The zero-order valence-corrected chi connectivity index (χ0v) is 5.85. The Balaban J connectivity index is 1.87. The van der Waals surface area contributed by atoms with Crippen LogP contribution in [-0.2, 0) is 0 Å². The maximum Gasteiger partial charge on any atom is -0.00222 e. The fraction of sp³-hybridized carbons (Fsp3) is 1.00. The lowest BCUT2D eigenvalue weighted by Gasteiger charge is -2.06. The molecular weight excluding hydrogens is 98.1 g/mol. The van der Waals surface area contributed by atoms with Gasteiger partial charge in [-0.15, -0.1) is 0 Å². The summed E-state index contributed by atoms with van der Waals surface area (Å²) in [4.78, 5) is 2.26. The van der Waals surface area contributed by atoms with Gasteiger partial charge in [-0.05, 0) is 33.0 Å². The maximum absolute atomic E-state index is 2.26. The van der Waals surface area contributed by atoms with Gasteiger partial charge in [0.15, 0.2) is 0 Å². The molecule has 0 aromatic heterocycles. The van der Waals surface area contributed by atoms with Crippen LogP contribution in [-0.4, -0.2) is 25.5 Å². The highest BCUT2D eigenvalue weighted by atomic mass is 15.0. The summed E-state index contributed by atoms with van der Waals surface area (Å²) in [6, 6.07) is 0. The molecule has 0 unspecified atom stereocenters. The fourth-order valence-electron chi connectivity index (χ4n) is 0.847. The largest absolute Gasteiger partial charge is 0.309 e. The van der Waals surface area contributed by atoms with Crippen LogP contribution < -0.4 is 0 Å². The van der Waals surface area contributed by atoms with E-state index in [1.807, 2.05) is 0 Å². The van der Waals surface area contributed by atoms with Gasteiger partial charge in [0.1, 0.15) is 0 Å². The van der Waals surface area contributed by atoms with E-state index in [0.717, 1.165) is 5.92 Å². The smallest absolute Gasteiger partial charge is 0.00222 e. The van der Waals surface area contributed by atoms with Gasteiger partial charge in [0.05, 0.1) is 0 Å². The fourth-order valence-corrected chi connectivity index (χ4v) is 0.847. The van der Waals surface area contributed by atoms with E-state index in [1.165, 1.54) is 25.8 Å². The van der Waals surface area contributed by atoms with Crippen LogP contribution in [0.1, 0.15) is 19.3 Å². The topological polar surface area (TPSA) is 3.24 Å². The summed E-state index contributed by atoms with van der Waals surface area (Å²) < 4.78 is 0. The van der Waals surface area contributed by atoms with Crippen LogP contribution in [0.5, 0.6) is 0 Å². The number of hydrogen-bond donors (Lipinski definition) is 0. The van der Waals surface area contributed by atoms with Gasteiger partial charge in [0.25, 0.3) is 0 Å². The lowest BCUT2D eigenvalue weighted by Crippen LogP contribution is -2.13. The lowest BCUT2D eigenvalue weighted by molar-refractivity contribution is 0.389. The van der Waals surface area contributed by atoms with Crippen molar-refractivity contribution >= 4 is 0 Å². The van der Waals surface area contributed by atoms with E-state index in [4.69, 9.17) is 0 Å². The van der Waals surface area contributed by atoms with Crippen molar-refractivity contribution < 1.29 is 0 Å². The molecule has 1 heteroatoms. The van der Waals surface area contributed by atoms with E-state index in [2.05, 4.69) is 19.0 Å². The van der Waals surface area contributed by atoms with E-state index in [-0.39, 0.29) is 0 Å². The highest BCUT2D eigenvalue weighted by Crippen LogP contribution is 2.31. The predicted molar refractivity (Wildman–Crippen MR) is 35.9 cm³/mol. The summed E-state index contributed by atoms with van der Waals surface area (Å²) in [5.41, 5.74) is 0. The molecule has 1 aliphatic carbocycles. The predicted octanol–water partition coefficient (Wildman–Crippen LogP) is 1.35. The molecule has 1 rings (SSSR count). The Bertz CT molecular complexity index is 62.8. The van der Waals surface area contributed by atoms with Gasteiger partial charge in [-0.1, -0.05) is 12.8 Å². The SMILES string of the molecule is CN(C)CCC1CC1. The third kappa shape index (κ3) is 2.31. The summed E-state index contributed by atoms with van der Waals surface area (Å²) in [6.45, 7) is 1.28. The Hall–Kier alpha value is -0.0400. The summed E-state index contributed by atoms with van der Waals surface area (Å²) in [5.74, 6) is 1.09. The van der Waals surface area contributed by atoms with Crippen LogP contribution in [0.15, 0.2) is 0 Å². The first-order valence-corrected chi connectivity index (χ1v) is 3.44. The maximum atomic E-state index is 2.26. The highest BCUT2D eigenvalue weighted by molar-refractivity contribution is 4.73. The second-order valence-electron chi connectivity index (χ2n) is 3.04. The average molecular weight is 113 g/mol. The standard InChI is InChI=1S/C7H15N/c1-8(2)6-5-7-3-4-7/h7H,3-6H2,1-2H3. The zero-order chi connectivity index (χ0) is 5.98. The molecule has 1 fully saturated rings. The third-order valence-electron chi connectivity index (χ3n) is 1.68. The van der Waals surface area contributed by atoms with Gasteiger partial charge >= 0.3 is 0 Å². The van der Waals surface area contributed by atoms with E-state index in [9.17, 15) is 0 Å². The molecule has 1 saturated carbocycles. The summed E-state index contributed by atoms with van der Waals surface area (Å²) in [6.07, 6.45) is 4.41. The van der Waals surface area contributed by atoms with E-state index >= 15 is 0 Å². The van der Waals surface area contributed by atoms with Crippen molar-refractivity contribution in [3.8, 4) is 0 Å². The number of hydrogen-bond acceptors (Lipinski definition) is 1. The Kier molecular flexibility index (Phi) is 1.90. The quantitative estimate of drug-likeness (QED) is 0.534. The van der Waals surface area contributed by atoms with Crippen LogP contribution in [0.4, 0.5) is 0 Å². The van der Waals surface area contributed by atoms with Gasteiger partial charge in [-0.25, -0.2) is 0 Å². The molecule has 0 aliphatic heterocycles. The molecule has 0 aromatic rings. The molecule has 0 spiro atoms. The molecule has 0 N–H and O–H groups in total. The third-order valence-corrected chi connectivity index (χ3v) is 1.68. The second kappa shape index (κ2) is 2.49. The molecular formula is C7H15N. The van der Waals surface area contributed by atoms with Crippen molar-refractivity contribution in [3.63, 3.8) is 0 Å². The summed E-state index contributed by atoms with van der Waals surface area (Å²) >= 11 is 0. The monoisotopic (exact) mass is 113 g/mol.